The van der Waals surface area contributed by atoms with E-state index in [1.54, 1.807) is 0 Å². The predicted octanol–water partition coefficient (Wildman–Crippen LogP) is 5.75. The highest BCUT2D eigenvalue weighted by Crippen LogP contribution is 2.44. The van der Waals surface area contributed by atoms with Gasteiger partial charge in [-0.2, -0.15) is 0 Å². The van der Waals surface area contributed by atoms with Crippen LogP contribution in [0, 0.1) is 41.4 Å². The first-order chi connectivity index (χ1) is 10.8. The molecular weight excluding hydrogens is 284 g/mol. The number of hydrogen-bond donors (Lipinski definition) is 0. The molecule has 136 valence electrons. The van der Waals surface area contributed by atoms with Gasteiger partial charge in [-0.1, -0.05) is 61.8 Å². The van der Waals surface area contributed by atoms with Crippen molar-refractivity contribution < 1.29 is 9.47 Å². The molecule has 1 saturated carbocycles. The first-order valence-corrected chi connectivity index (χ1v) is 10.1. The molecule has 2 aliphatic rings. The molecule has 0 N–H and O–H groups in total. The Morgan fingerprint density at radius 1 is 0.783 bits per heavy atom. The second-order valence-electron chi connectivity index (χ2n) is 8.73. The molecule has 0 spiro atoms. The van der Waals surface area contributed by atoms with E-state index in [9.17, 15) is 0 Å². The van der Waals surface area contributed by atoms with Gasteiger partial charge in [-0.05, 0) is 48.3 Å². The van der Waals surface area contributed by atoms with Gasteiger partial charge in [-0.3, -0.25) is 0 Å². The van der Waals surface area contributed by atoms with E-state index in [1.165, 1.54) is 12.8 Å². The summed E-state index contributed by atoms with van der Waals surface area (Å²) in [5.41, 5.74) is 0. The molecule has 0 aromatic rings. The average molecular weight is 325 g/mol. The van der Waals surface area contributed by atoms with Crippen LogP contribution < -0.4 is 0 Å². The van der Waals surface area contributed by atoms with Gasteiger partial charge >= 0.3 is 0 Å². The maximum absolute atomic E-state index is 6.71. The lowest BCUT2D eigenvalue weighted by atomic mass is 9.67. The second kappa shape index (κ2) is 7.87. The normalized spacial score (nSPS) is 51.7. The summed E-state index contributed by atoms with van der Waals surface area (Å²) < 4.78 is 13.1. The Bertz CT molecular complexity index is 365. The predicted molar refractivity (Wildman–Crippen MR) is 97.2 cm³/mol. The van der Waals surface area contributed by atoms with Crippen LogP contribution in [0.5, 0.6) is 0 Å². The zero-order valence-electron chi connectivity index (χ0n) is 16.7. The quantitative estimate of drug-likeness (QED) is 0.655. The van der Waals surface area contributed by atoms with Gasteiger partial charge in [0.15, 0.2) is 6.29 Å². The zero-order valence-corrected chi connectivity index (χ0v) is 16.7. The van der Waals surface area contributed by atoms with Gasteiger partial charge in [-0.25, -0.2) is 0 Å². The van der Waals surface area contributed by atoms with Gasteiger partial charge in [0.2, 0.25) is 0 Å². The topological polar surface area (TPSA) is 18.5 Å². The van der Waals surface area contributed by atoms with Crippen molar-refractivity contribution in [2.24, 2.45) is 41.4 Å². The molecule has 0 aromatic heterocycles. The maximum Gasteiger partial charge on any atom is 0.161 e. The summed E-state index contributed by atoms with van der Waals surface area (Å²) >= 11 is 0. The SMILES string of the molecule is CCC1O[C@@H](O[C@H]2C(CC)CC(C)C(C)[C@H]2C)C(C)[C@H](C)[C@H]1C. The van der Waals surface area contributed by atoms with E-state index in [1.807, 2.05) is 0 Å². The molecule has 1 saturated heterocycles. The van der Waals surface area contributed by atoms with Crippen molar-refractivity contribution in [1.82, 2.24) is 0 Å². The highest BCUT2D eigenvalue weighted by molar-refractivity contribution is 4.89. The second-order valence-corrected chi connectivity index (χ2v) is 8.73. The van der Waals surface area contributed by atoms with E-state index in [4.69, 9.17) is 9.47 Å². The molecule has 10 atom stereocenters. The summed E-state index contributed by atoms with van der Waals surface area (Å²) in [6.45, 7) is 18.8. The maximum atomic E-state index is 6.71. The molecule has 2 nitrogen and oxygen atoms in total. The van der Waals surface area contributed by atoms with Crippen molar-refractivity contribution in [3.63, 3.8) is 0 Å². The first-order valence-electron chi connectivity index (χ1n) is 10.1. The molecule has 2 fully saturated rings. The van der Waals surface area contributed by atoms with Crippen molar-refractivity contribution in [3.05, 3.63) is 0 Å². The highest BCUT2D eigenvalue weighted by atomic mass is 16.7. The Hall–Kier alpha value is -0.0800. The number of rotatable bonds is 4. The summed E-state index contributed by atoms with van der Waals surface area (Å²) in [5, 5.41) is 0. The minimum absolute atomic E-state index is 0.0201. The molecule has 2 rings (SSSR count). The van der Waals surface area contributed by atoms with E-state index in [2.05, 4.69) is 55.4 Å². The fourth-order valence-electron chi connectivity index (χ4n) is 4.97. The third-order valence-electron chi connectivity index (χ3n) is 7.59. The van der Waals surface area contributed by atoms with Gasteiger partial charge in [0, 0.05) is 5.92 Å². The third-order valence-corrected chi connectivity index (χ3v) is 7.59. The molecule has 0 radical (unpaired) electrons. The molecule has 1 aliphatic heterocycles. The summed E-state index contributed by atoms with van der Waals surface area (Å²) in [6.07, 6.45) is 4.29. The van der Waals surface area contributed by atoms with Crippen molar-refractivity contribution in [2.45, 2.75) is 93.2 Å². The van der Waals surface area contributed by atoms with Crippen molar-refractivity contribution in [3.8, 4) is 0 Å². The van der Waals surface area contributed by atoms with Gasteiger partial charge in [-0.15, -0.1) is 0 Å². The molecule has 23 heavy (non-hydrogen) atoms. The lowest BCUT2D eigenvalue weighted by Gasteiger charge is -2.49. The van der Waals surface area contributed by atoms with Gasteiger partial charge in [0.05, 0.1) is 12.2 Å². The molecule has 2 heteroatoms. The van der Waals surface area contributed by atoms with Crippen LogP contribution in [0.15, 0.2) is 0 Å². The third kappa shape index (κ3) is 3.79. The van der Waals surface area contributed by atoms with Crippen molar-refractivity contribution >= 4 is 0 Å². The molecular formula is C21H40O2. The smallest absolute Gasteiger partial charge is 0.161 e. The Labute approximate surface area is 144 Å². The Balaban J connectivity index is 2.11. The molecule has 0 bridgehead atoms. The number of ether oxygens (including phenoxy) is 2. The largest absolute Gasteiger partial charge is 0.349 e. The van der Waals surface area contributed by atoms with Gasteiger partial charge < -0.3 is 9.47 Å². The Kier molecular flexibility index (Phi) is 6.58. The fraction of sp³-hybridized carbons (Fsp3) is 1.00. The van der Waals surface area contributed by atoms with Crippen LogP contribution in [-0.2, 0) is 9.47 Å². The summed E-state index contributed by atoms with van der Waals surface area (Å²) in [7, 11) is 0. The van der Waals surface area contributed by atoms with E-state index in [0.717, 1.165) is 18.3 Å². The summed E-state index contributed by atoms with van der Waals surface area (Å²) in [6, 6.07) is 0. The lowest BCUT2D eigenvalue weighted by molar-refractivity contribution is -0.283. The van der Waals surface area contributed by atoms with E-state index >= 15 is 0 Å². The Morgan fingerprint density at radius 3 is 2.00 bits per heavy atom. The molecule has 5 unspecified atom stereocenters. The summed E-state index contributed by atoms with van der Waals surface area (Å²) in [5.74, 6) is 4.61. The van der Waals surface area contributed by atoms with Gasteiger partial charge in [0.25, 0.3) is 0 Å². The van der Waals surface area contributed by atoms with Crippen LogP contribution in [0.4, 0.5) is 0 Å². The van der Waals surface area contributed by atoms with E-state index in [0.29, 0.717) is 41.8 Å². The van der Waals surface area contributed by atoms with E-state index < -0.39 is 0 Å². The molecule has 1 heterocycles. The minimum Gasteiger partial charge on any atom is -0.349 e. The van der Waals surface area contributed by atoms with Crippen LogP contribution in [0.25, 0.3) is 0 Å². The van der Waals surface area contributed by atoms with E-state index in [-0.39, 0.29) is 6.29 Å². The lowest BCUT2D eigenvalue weighted by Crippen LogP contribution is -2.50. The van der Waals surface area contributed by atoms with Gasteiger partial charge in [0.1, 0.15) is 0 Å². The molecule has 1 aliphatic carbocycles. The van der Waals surface area contributed by atoms with Crippen LogP contribution in [0.1, 0.15) is 74.7 Å². The zero-order chi connectivity index (χ0) is 17.3. The summed E-state index contributed by atoms with van der Waals surface area (Å²) in [4.78, 5) is 0. The first kappa shape index (κ1) is 19.2. The van der Waals surface area contributed by atoms with Crippen LogP contribution >= 0.6 is 0 Å². The van der Waals surface area contributed by atoms with Crippen LogP contribution in [0.2, 0.25) is 0 Å². The van der Waals surface area contributed by atoms with Crippen molar-refractivity contribution in [2.75, 3.05) is 0 Å². The fourth-order valence-corrected chi connectivity index (χ4v) is 4.97. The van der Waals surface area contributed by atoms with Crippen LogP contribution in [0.3, 0.4) is 0 Å². The minimum atomic E-state index is -0.0201. The highest BCUT2D eigenvalue weighted by Gasteiger charge is 2.44. The monoisotopic (exact) mass is 324 g/mol. The standard InChI is InChI=1S/C21H40O2/c1-9-18-11-12(3)13(4)16(7)20(18)23-21-17(8)14(5)15(6)19(10-2)22-21/h12-21H,9-11H2,1-8H3/t12?,13?,14-,15-,16-,17?,18?,19?,20-,21+/m1/s1. The molecule has 0 aromatic carbocycles. The molecule has 0 amide bonds. The average Bonchev–Trinajstić information content (AvgIpc) is 2.55. The number of hydrogen-bond acceptors (Lipinski definition) is 2. The van der Waals surface area contributed by atoms with Crippen molar-refractivity contribution in [1.29, 1.82) is 0 Å². The Morgan fingerprint density at radius 2 is 1.43 bits per heavy atom. The van der Waals surface area contributed by atoms with Crippen LogP contribution in [-0.4, -0.2) is 18.5 Å².